The summed E-state index contributed by atoms with van der Waals surface area (Å²) in [6.45, 7) is 4.20. The van der Waals surface area contributed by atoms with E-state index in [1.54, 1.807) is 11.8 Å². The van der Waals surface area contributed by atoms with Crippen molar-refractivity contribution >= 4 is 29.3 Å². The number of ketones is 1. The Morgan fingerprint density at radius 3 is 2.85 bits per heavy atom. The van der Waals surface area contributed by atoms with Gasteiger partial charge < -0.3 is 4.74 Å². The van der Waals surface area contributed by atoms with Crippen LogP contribution in [0.15, 0.2) is 0 Å². The maximum Gasteiger partial charge on any atom is 0.172 e. The molecular weight excluding hydrogens is 204 g/mol. The fraction of sp³-hybridized carbons (Fsp3) is 0.889. The van der Waals surface area contributed by atoms with Crippen LogP contribution in [0.2, 0.25) is 0 Å². The standard InChI is InChI=1S/C9H16O2S2/c1-7(2)11-5-8(10)9-6-12-3-4-13-9/h7,9H,3-6H2,1-2H3. The number of carbonyl (C=O) groups is 1. The Morgan fingerprint density at radius 2 is 2.31 bits per heavy atom. The molecule has 0 aromatic rings. The molecule has 0 bridgehead atoms. The van der Waals surface area contributed by atoms with Crippen LogP contribution in [-0.4, -0.2) is 41.0 Å². The summed E-state index contributed by atoms with van der Waals surface area (Å²) in [5.74, 6) is 3.50. The second-order valence-electron chi connectivity index (χ2n) is 3.26. The first-order valence-corrected chi connectivity index (χ1v) is 6.74. The molecule has 1 unspecified atom stereocenters. The Hall–Kier alpha value is 0.330. The van der Waals surface area contributed by atoms with Crippen molar-refractivity contribution in [3.63, 3.8) is 0 Å². The predicted molar refractivity (Wildman–Crippen MR) is 59.7 cm³/mol. The van der Waals surface area contributed by atoms with Gasteiger partial charge >= 0.3 is 0 Å². The third-order valence-corrected chi connectivity index (χ3v) is 4.54. The van der Waals surface area contributed by atoms with E-state index >= 15 is 0 Å². The average Bonchev–Trinajstić information content (AvgIpc) is 2.15. The van der Waals surface area contributed by atoms with Crippen LogP contribution >= 0.6 is 23.5 Å². The van der Waals surface area contributed by atoms with Gasteiger partial charge in [0, 0.05) is 17.3 Å². The van der Waals surface area contributed by atoms with Crippen molar-refractivity contribution in [1.29, 1.82) is 0 Å². The fourth-order valence-electron chi connectivity index (χ4n) is 1.02. The Morgan fingerprint density at radius 1 is 1.54 bits per heavy atom. The third kappa shape index (κ3) is 4.38. The number of hydrogen-bond acceptors (Lipinski definition) is 4. The summed E-state index contributed by atoms with van der Waals surface area (Å²) < 4.78 is 5.28. The number of Topliss-reactive ketones (excluding diaryl/α,β-unsaturated/α-hetero) is 1. The first-order chi connectivity index (χ1) is 6.20. The zero-order chi connectivity index (χ0) is 9.68. The molecule has 13 heavy (non-hydrogen) atoms. The Kier molecular flexibility index (Phi) is 5.21. The number of carbonyl (C=O) groups excluding carboxylic acids is 1. The maximum atomic E-state index is 11.5. The SMILES string of the molecule is CC(C)OCC(=O)C1CSCCS1. The maximum absolute atomic E-state index is 11.5. The molecule has 0 N–H and O–H groups in total. The van der Waals surface area contributed by atoms with Crippen LogP contribution < -0.4 is 0 Å². The van der Waals surface area contributed by atoms with Crippen LogP contribution in [0, 0.1) is 0 Å². The molecule has 1 saturated heterocycles. The number of rotatable bonds is 4. The topological polar surface area (TPSA) is 26.3 Å². The fourth-order valence-corrected chi connectivity index (χ4v) is 3.65. The van der Waals surface area contributed by atoms with Gasteiger partial charge in [0.25, 0.3) is 0 Å². The molecule has 0 aromatic heterocycles. The highest BCUT2D eigenvalue weighted by molar-refractivity contribution is 8.07. The van der Waals surface area contributed by atoms with Crippen molar-refractivity contribution in [2.45, 2.75) is 25.2 Å². The van der Waals surface area contributed by atoms with Crippen LogP contribution in [0.5, 0.6) is 0 Å². The highest BCUT2D eigenvalue weighted by atomic mass is 32.2. The minimum Gasteiger partial charge on any atom is -0.371 e. The molecule has 76 valence electrons. The molecule has 0 amide bonds. The van der Waals surface area contributed by atoms with Gasteiger partial charge in [0.2, 0.25) is 0 Å². The minimum atomic E-state index is 0.158. The lowest BCUT2D eigenvalue weighted by molar-refractivity contribution is -0.124. The summed E-state index contributed by atoms with van der Waals surface area (Å²) in [4.78, 5) is 11.5. The molecule has 1 aliphatic heterocycles. The molecule has 1 aliphatic rings. The average molecular weight is 220 g/mol. The van der Waals surface area contributed by atoms with Crippen molar-refractivity contribution in [1.82, 2.24) is 0 Å². The van der Waals surface area contributed by atoms with Crippen molar-refractivity contribution in [3.05, 3.63) is 0 Å². The number of thioether (sulfide) groups is 2. The molecule has 1 rings (SSSR count). The van der Waals surface area contributed by atoms with Crippen LogP contribution in [0.25, 0.3) is 0 Å². The van der Waals surface area contributed by atoms with Crippen molar-refractivity contribution < 1.29 is 9.53 Å². The molecule has 0 radical (unpaired) electrons. The lowest BCUT2D eigenvalue weighted by Gasteiger charge is -2.19. The summed E-state index contributed by atoms with van der Waals surface area (Å²) in [5, 5.41) is 0.178. The van der Waals surface area contributed by atoms with Gasteiger partial charge in [-0.2, -0.15) is 11.8 Å². The summed E-state index contributed by atoms with van der Waals surface area (Å²) in [5.41, 5.74) is 0. The summed E-state index contributed by atoms with van der Waals surface area (Å²) in [6, 6.07) is 0. The summed E-state index contributed by atoms with van der Waals surface area (Å²) >= 11 is 3.64. The Labute approximate surface area is 88.2 Å². The Balaban J connectivity index is 2.21. The first-order valence-electron chi connectivity index (χ1n) is 4.54. The molecule has 0 aliphatic carbocycles. The van der Waals surface area contributed by atoms with Gasteiger partial charge in [0.05, 0.1) is 11.4 Å². The second-order valence-corrected chi connectivity index (χ2v) is 5.72. The lowest BCUT2D eigenvalue weighted by Crippen LogP contribution is -2.28. The molecule has 1 heterocycles. The zero-order valence-electron chi connectivity index (χ0n) is 8.12. The van der Waals surface area contributed by atoms with Crippen LogP contribution in [-0.2, 0) is 9.53 Å². The lowest BCUT2D eigenvalue weighted by atomic mass is 10.3. The number of ether oxygens (including phenoxy) is 1. The summed E-state index contributed by atoms with van der Waals surface area (Å²) in [7, 11) is 0. The van der Waals surface area contributed by atoms with Crippen LogP contribution in [0.1, 0.15) is 13.8 Å². The van der Waals surface area contributed by atoms with Gasteiger partial charge in [-0.05, 0) is 13.8 Å². The molecular formula is C9H16O2S2. The van der Waals surface area contributed by atoms with E-state index in [-0.39, 0.29) is 23.7 Å². The van der Waals surface area contributed by atoms with Crippen molar-refractivity contribution in [2.75, 3.05) is 23.9 Å². The predicted octanol–water partition coefficient (Wildman–Crippen LogP) is 1.83. The van der Waals surface area contributed by atoms with Gasteiger partial charge in [-0.1, -0.05) is 0 Å². The van der Waals surface area contributed by atoms with Crippen LogP contribution in [0.4, 0.5) is 0 Å². The van der Waals surface area contributed by atoms with Gasteiger partial charge in [-0.25, -0.2) is 0 Å². The number of hydrogen-bond donors (Lipinski definition) is 0. The van der Waals surface area contributed by atoms with Gasteiger partial charge in [0.1, 0.15) is 6.61 Å². The first kappa shape index (κ1) is 11.4. The molecule has 2 nitrogen and oxygen atoms in total. The van der Waals surface area contributed by atoms with E-state index in [0.717, 1.165) is 11.5 Å². The molecule has 4 heteroatoms. The highest BCUT2D eigenvalue weighted by Gasteiger charge is 2.21. The van der Waals surface area contributed by atoms with E-state index in [1.807, 2.05) is 25.6 Å². The highest BCUT2D eigenvalue weighted by Crippen LogP contribution is 2.24. The smallest absolute Gasteiger partial charge is 0.172 e. The normalized spacial score (nSPS) is 23.5. The second kappa shape index (κ2) is 5.94. The monoisotopic (exact) mass is 220 g/mol. The van der Waals surface area contributed by atoms with E-state index in [1.165, 1.54) is 5.75 Å². The molecule has 0 spiro atoms. The van der Waals surface area contributed by atoms with Gasteiger partial charge in [-0.3, -0.25) is 4.79 Å². The van der Waals surface area contributed by atoms with Crippen molar-refractivity contribution in [3.8, 4) is 0 Å². The van der Waals surface area contributed by atoms with Crippen molar-refractivity contribution in [2.24, 2.45) is 0 Å². The van der Waals surface area contributed by atoms with E-state index in [2.05, 4.69) is 0 Å². The van der Waals surface area contributed by atoms with E-state index < -0.39 is 0 Å². The van der Waals surface area contributed by atoms with E-state index in [9.17, 15) is 4.79 Å². The largest absolute Gasteiger partial charge is 0.371 e. The third-order valence-electron chi connectivity index (χ3n) is 1.73. The van der Waals surface area contributed by atoms with E-state index in [0.29, 0.717) is 0 Å². The molecule has 0 saturated carbocycles. The van der Waals surface area contributed by atoms with Gasteiger partial charge in [0.15, 0.2) is 5.78 Å². The molecule has 1 fully saturated rings. The summed E-state index contributed by atoms with van der Waals surface area (Å²) in [6.07, 6.45) is 0.158. The molecule has 0 aromatic carbocycles. The Bertz CT molecular complexity index is 165. The van der Waals surface area contributed by atoms with E-state index in [4.69, 9.17) is 4.74 Å². The van der Waals surface area contributed by atoms with Gasteiger partial charge in [-0.15, -0.1) is 11.8 Å². The quantitative estimate of drug-likeness (QED) is 0.722. The van der Waals surface area contributed by atoms with Crippen LogP contribution in [0.3, 0.4) is 0 Å². The molecule has 1 atom stereocenters. The minimum absolute atomic E-state index is 0.158. The zero-order valence-corrected chi connectivity index (χ0v) is 9.75.